The van der Waals surface area contributed by atoms with E-state index in [1.807, 2.05) is 19.2 Å². The standard InChI is InChI=1S/C13H20ClN3O/c1-3-10-9-18-7-6-17(10)13-5-4-11(14)12(16-13)8-15-2/h4-5,10,15H,3,6-9H2,1-2H3. The van der Waals surface area contributed by atoms with Crippen LogP contribution in [0.15, 0.2) is 12.1 Å². The third-order valence-electron chi connectivity index (χ3n) is 3.24. The van der Waals surface area contributed by atoms with E-state index in [4.69, 9.17) is 16.3 Å². The van der Waals surface area contributed by atoms with Crippen LogP contribution in [-0.4, -0.2) is 37.8 Å². The van der Waals surface area contributed by atoms with Gasteiger partial charge < -0.3 is 15.0 Å². The minimum atomic E-state index is 0.412. The molecule has 5 heteroatoms. The minimum absolute atomic E-state index is 0.412. The molecule has 1 unspecified atom stereocenters. The van der Waals surface area contributed by atoms with Crippen molar-refractivity contribution in [3.05, 3.63) is 22.8 Å². The average molecular weight is 270 g/mol. The van der Waals surface area contributed by atoms with E-state index < -0.39 is 0 Å². The molecule has 1 aliphatic heterocycles. The number of halogens is 1. The molecule has 0 saturated carbocycles. The zero-order chi connectivity index (χ0) is 13.0. The molecular formula is C13H20ClN3O. The molecule has 1 saturated heterocycles. The number of morpholine rings is 1. The molecule has 1 fully saturated rings. The summed E-state index contributed by atoms with van der Waals surface area (Å²) < 4.78 is 5.52. The lowest BCUT2D eigenvalue weighted by atomic mass is 10.1. The lowest BCUT2D eigenvalue weighted by Gasteiger charge is -2.36. The number of rotatable bonds is 4. The first-order chi connectivity index (χ1) is 8.76. The summed E-state index contributed by atoms with van der Waals surface area (Å²) in [5.74, 6) is 1.000. The first-order valence-corrected chi connectivity index (χ1v) is 6.78. The van der Waals surface area contributed by atoms with E-state index >= 15 is 0 Å². The van der Waals surface area contributed by atoms with Crippen LogP contribution in [0.5, 0.6) is 0 Å². The van der Waals surface area contributed by atoms with E-state index in [2.05, 4.69) is 22.1 Å². The predicted molar refractivity (Wildman–Crippen MR) is 74.3 cm³/mol. The third kappa shape index (κ3) is 2.94. The van der Waals surface area contributed by atoms with Crippen LogP contribution < -0.4 is 10.2 Å². The van der Waals surface area contributed by atoms with E-state index in [1.54, 1.807) is 0 Å². The fourth-order valence-electron chi connectivity index (χ4n) is 2.22. The molecule has 2 rings (SSSR count). The van der Waals surface area contributed by atoms with E-state index in [1.165, 1.54) is 0 Å². The van der Waals surface area contributed by atoms with Gasteiger partial charge in [-0.15, -0.1) is 0 Å². The Hall–Kier alpha value is -0.840. The van der Waals surface area contributed by atoms with E-state index in [0.717, 1.165) is 42.7 Å². The Kier molecular flexibility index (Phi) is 4.80. The highest BCUT2D eigenvalue weighted by atomic mass is 35.5. The van der Waals surface area contributed by atoms with Gasteiger partial charge in [0.15, 0.2) is 0 Å². The zero-order valence-corrected chi connectivity index (χ0v) is 11.7. The van der Waals surface area contributed by atoms with Crippen molar-refractivity contribution in [2.24, 2.45) is 0 Å². The molecule has 0 aromatic carbocycles. The van der Waals surface area contributed by atoms with Gasteiger partial charge in [0.05, 0.1) is 30.0 Å². The van der Waals surface area contributed by atoms with Crippen molar-refractivity contribution in [3.8, 4) is 0 Å². The highest BCUT2D eigenvalue weighted by Crippen LogP contribution is 2.23. The van der Waals surface area contributed by atoms with Gasteiger partial charge in [-0.25, -0.2) is 4.98 Å². The second kappa shape index (κ2) is 6.36. The van der Waals surface area contributed by atoms with Crippen molar-refractivity contribution in [2.75, 3.05) is 31.7 Å². The highest BCUT2D eigenvalue weighted by Gasteiger charge is 2.23. The Bertz CT molecular complexity index is 400. The van der Waals surface area contributed by atoms with Gasteiger partial charge in [0.25, 0.3) is 0 Å². The Labute approximate surface area is 113 Å². The SMILES string of the molecule is CCC1COCCN1c1ccc(Cl)c(CNC)n1. The fraction of sp³-hybridized carbons (Fsp3) is 0.615. The quantitative estimate of drug-likeness (QED) is 0.908. The monoisotopic (exact) mass is 269 g/mol. The molecule has 1 aromatic rings. The molecule has 1 aromatic heterocycles. The van der Waals surface area contributed by atoms with Crippen LogP contribution in [-0.2, 0) is 11.3 Å². The molecule has 4 nitrogen and oxygen atoms in total. The Morgan fingerprint density at radius 1 is 1.56 bits per heavy atom. The second-order valence-corrected chi connectivity index (χ2v) is 4.87. The lowest BCUT2D eigenvalue weighted by Crippen LogP contribution is -2.45. The topological polar surface area (TPSA) is 37.4 Å². The van der Waals surface area contributed by atoms with Gasteiger partial charge in [-0.05, 0) is 25.6 Å². The number of aromatic nitrogens is 1. The number of hydrogen-bond donors (Lipinski definition) is 1. The van der Waals surface area contributed by atoms with E-state index in [9.17, 15) is 0 Å². The van der Waals surface area contributed by atoms with Crippen LogP contribution in [0.4, 0.5) is 5.82 Å². The molecule has 0 spiro atoms. The molecule has 2 heterocycles. The number of pyridine rings is 1. The molecule has 0 amide bonds. The van der Waals surface area contributed by atoms with Crippen LogP contribution in [0.3, 0.4) is 0 Å². The largest absolute Gasteiger partial charge is 0.377 e. The molecular weight excluding hydrogens is 250 g/mol. The van der Waals surface area contributed by atoms with Gasteiger partial charge in [-0.1, -0.05) is 18.5 Å². The molecule has 1 aliphatic rings. The summed E-state index contributed by atoms with van der Waals surface area (Å²) in [5, 5.41) is 3.81. The van der Waals surface area contributed by atoms with Crippen molar-refractivity contribution in [1.82, 2.24) is 10.3 Å². The Morgan fingerprint density at radius 3 is 3.11 bits per heavy atom. The molecule has 0 radical (unpaired) electrons. The number of nitrogens with one attached hydrogen (secondary N) is 1. The summed E-state index contributed by atoms with van der Waals surface area (Å²) in [4.78, 5) is 6.98. The Balaban J connectivity index is 2.23. The zero-order valence-electron chi connectivity index (χ0n) is 10.9. The molecule has 0 aliphatic carbocycles. The second-order valence-electron chi connectivity index (χ2n) is 4.46. The molecule has 1 N–H and O–H groups in total. The number of anilines is 1. The van der Waals surface area contributed by atoms with Gasteiger partial charge in [0.1, 0.15) is 5.82 Å². The van der Waals surface area contributed by atoms with Gasteiger partial charge in [0.2, 0.25) is 0 Å². The van der Waals surface area contributed by atoms with Crippen LogP contribution in [0.25, 0.3) is 0 Å². The third-order valence-corrected chi connectivity index (χ3v) is 3.59. The number of nitrogens with zero attached hydrogens (tertiary/aromatic N) is 2. The van der Waals surface area contributed by atoms with E-state index in [0.29, 0.717) is 12.6 Å². The summed E-state index contributed by atoms with van der Waals surface area (Å²) >= 11 is 6.14. The van der Waals surface area contributed by atoms with E-state index in [-0.39, 0.29) is 0 Å². The number of ether oxygens (including phenoxy) is 1. The van der Waals surface area contributed by atoms with Gasteiger partial charge in [0, 0.05) is 13.1 Å². The van der Waals surface area contributed by atoms with Crippen molar-refractivity contribution in [3.63, 3.8) is 0 Å². The predicted octanol–water partition coefficient (Wildman–Crippen LogP) is 2.07. The lowest BCUT2D eigenvalue weighted by molar-refractivity contribution is 0.0925. The van der Waals surface area contributed by atoms with Crippen LogP contribution in [0.2, 0.25) is 5.02 Å². The maximum Gasteiger partial charge on any atom is 0.129 e. The summed E-state index contributed by atoms with van der Waals surface area (Å²) in [6.45, 7) is 5.31. The van der Waals surface area contributed by atoms with Gasteiger partial charge in [-0.3, -0.25) is 0 Å². The molecule has 1 atom stereocenters. The normalized spacial score (nSPS) is 20.2. The summed E-state index contributed by atoms with van der Waals surface area (Å²) in [6, 6.07) is 4.34. The maximum atomic E-state index is 6.14. The molecule has 18 heavy (non-hydrogen) atoms. The number of hydrogen-bond acceptors (Lipinski definition) is 4. The van der Waals surface area contributed by atoms with Crippen LogP contribution >= 0.6 is 11.6 Å². The summed E-state index contributed by atoms with van der Waals surface area (Å²) in [7, 11) is 1.90. The maximum absolute atomic E-state index is 6.14. The van der Waals surface area contributed by atoms with Crippen molar-refractivity contribution in [2.45, 2.75) is 25.9 Å². The van der Waals surface area contributed by atoms with Crippen molar-refractivity contribution in [1.29, 1.82) is 0 Å². The van der Waals surface area contributed by atoms with Crippen molar-refractivity contribution < 1.29 is 4.74 Å². The highest BCUT2D eigenvalue weighted by molar-refractivity contribution is 6.31. The van der Waals surface area contributed by atoms with Crippen LogP contribution in [0, 0.1) is 0 Å². The summed E-state index contributed by atoms with van der Waals surface area (Å²) in [5.41, 5.74) is 0.901. The molecule has 0 bridgehead atoms. The summed E-state index contributed by atoms with van der Waals surface area (Å²) in [6.07, 6.45) is 1.06. The average Bonchev–Trinajstić information content (AvgIpc) is 2.41. The smallest absolute Gasteiger partial charge is 0.129 e. The van der Waals surface area contributed by atoms with Crippen LogP contribution in [0.1, 0.15) is 19.0 Å². The van der Waals surface area contributed by atoms with Gasteiger partial charge in [-0.2, -0.15) is 0 Å². The first-order valence-electron chi connectivity index (χ1n) is 6.40. The minimum Gasteiger partial charge on any atom is -0.377 e. The first kappa shape index (κ1) is 13.6. The van der Waals surface area contributed by atoms with Gasteiger partial charge >= 0.3 is 0 Å². The molecule has 100 valence electrons. The fourth-order valence-corrected chi connectivity index (χ4v) is 2.39. The Morgan fingerprint density at radius 2 is 2.39 bits per heavy atom. The van der Waals surface area contributed by atoms with Crippen molar-refractivity contribution >= 4 is 17.4 Å².